The number of rotatable bonds is 2. The number of hydrogen-bond donors (Lipinski definition) is 2. The second-order valence-electron chi connectivity index (χ2n) is 7.40. The van der Waals surface area contributed by atoms with Gasteiger partial charge in [-0.15, -0.1) is 0 Å². The van der Waals surface area contributed by atoms with Crippen molar-refractivity contribution in [2.45, 2.75) is 65.5 Å². The summed E-state index contributed by atoms with van der Waals surface area (Å²) in [5.41, 5.74) is -0.102. The zero-order valence-corrected chi connectivity index (χ0v) is 12.6. The molecule has 18 heavy (non-hydrogen) atoms. The fourth-order valence-corrected chi connectivity index (χ4v) is 1.99. The van der Waals surface area contributed by atoms with E-state index in [1.54, 1.807) is 0 Å². The van der Waals surface area contributed by atoms with Gasteiger partial charge in [-0.25, -0.2) is 4.79 Å². The van der Waals surface area contributed by atoms with E-state index in [0.29, 0.717) is 6.54 Å². The highest BCUT2D eigenvalue weighted by Gasteiger charge is 2.34. The number of nitrogens with one attached hydrogen (secondary N) is 2. The van der Waals surface area contributed by atoms with Gasteiger partial charge in [0.1, 0.15) is 5.60 Å². The largest absolute Gasteiger partial charge is 0.444 e. The maximum Gasteiger partial charge on any atom is 0.407 e. The Kier molecular flexibility index (Phi) is 4.31. The summed E-state index contributed by atoms with van der Waals surface area (Å²) < 4.78 is 5.24. The predicted octanol–water partition coefficient (Wildman–Crippen LogP) is 2.68. The lowest BCUT2D eigenvalue weighted by atomic mass is 9.76. The molecule has 4 nitrogen and oxygen atoms in total. The molecule has 1 saturated heterocycles. The number of hydrogen-bond acceptors (Lipinski definition) is 3. The highest BCUT2D eigenvalue weighted by Crippen LogP contribution is 2.31. The second-order valence-corrected chi connectivity index (χ2v) is 7.40. The van der Waals surface area contributed by atoms with Crippen molar-refractivity contribution in [1.82, 2.24) is 10.6 Å². The molecule has 1 aliphatic heterocycles. The summed E-state index contributed by atoms with van der Waals surface area (Å²) in [4.78, 5) is 11.6. The van der Waals surface area contributed by atoms with Crippen molar-refractivity contribution in [3.05, 3.63) is 0 Å². The minimum atomic E-state index is -0.433. The molecule has 2 N–H and O–H groups in total. The third-order valence-electron chi connectivity index (χ3n) is 3.41. The van der Waals surface area contributed by atoms with Gasteiger partial charge in [0, 0.05) is 18.6 Å². The highest BCUT2D eigenvalue weighted by molar-refractivity contribution is 5.67. The van der Waals surface area contributed by atoms with Crippen molar-refractivity contribution in [2.75, 3.05) is 13.1 Å². The van der Waals surface area contributed by atoms with E-state index in [9.17, 15) is 4.79 Å². The molecule has 0 spiro atoms. The zero-order valence-electron chi connectivity index (χ0n) is 12.6. The molecular formula is C14H28N2O2. The summed E-state index contributed by atoms with van der Waals surface area (Å²) in [7, 11) is 0. The first-order valence-corrected chi connectivity index (χ1v) is 6.73. The van der Waals surface area contributed by atoms with E-state index < -0.39 is 5.60 Å². The van der Waals surface area contributed by atoms with Crippen molar-refractivity contribution in [1.29, 1.82) is 0 Å². The molecule has 0 aromatic rings. The molecule has 1 rings (SSSR count). The molecule has 1 atom stereocenters. The number of piperidine rings is 1. The Morgan fingerprint density at radius 2 is 1.89 bits per heavy atom. The Morgan fingerprint density at radius 1 is 1.28 bits per heavy atom. The molecular weight excluding hydrogens is 228 g/mol. The molecule has 106 valence electrons. The fraction of sp³-hybridized carbons (Fsp3) is 0.929. The molecule has 0 aromatic heterocycles. The molecule has 1 heterocycles. The summed E-state index contributed by atoms with van der Waals surface area (Å²) in [5, 5.41) is 6.40. The van der Waals surface area contributed by atoms with Crippen molar-refractivity contribution in [2.24, 2.45) is 5.41 Å². The summed E-state index contributed by atoms with van der Waals surface area (Å²) in [6.07, 6.45) is 1.91. The Morgan fingerprint density at radius 3 is 2.33 bits per heavy atom. The predicted molar refractivity (Wildman–Crippen MR) is 73.7 cm³/mol. The van der Waals surface area contributed by atoms with Crippen LogP contribution < -0.4 is 10.6 Å². The molecule has 1 fully saturated rings. The van der Waals surface area contributed by atoms with E-state index in [-0.39, 0.29) is 17.0 Å². The van der Waals surface area contributed by atoms with E-state index >= 15 is 0 Å². The SMILES string of the molecule is CC1(CNC(=O)OC(C)(C)C)CCC(C)(C)NC1. The normalized spacial score (nSPS) is 27.7. The van der Waals surface area contributed by atoms with Crippen LogP contribution in [0, 0.1) is 5.41 Å². The van der Waals surface area contributed by atoms with E-state index in [1.165, 1.54) is 0 Å². The average Bonchev–Trinajstić information content (AvgIpc) is 2.18. The van der Waals surface area contributed by atoms with Crippen LogP contribution in [0.25, 0.3) is 0 Å². The van der Waals surface area contributed by atoms with Gasteiger partial charge in [-0.05, 0) is 52.9 Å². The highest BCUT2D eigenvalue weighted by atomic mass is 16.6. The topological polar surface area (TPSA) is 50.4 Å². The zero-order chi connectivity index (χ0) is 14.0. The first-order valence-electron chi connectivity index (χ1n) is 6.73. The lowest BCUT2D eigenvalue weighted by Gasteiger charge is -2.42. The molecule has 0 saturated carbocycles. The molecule has 1 unspecified atom stereocenters. The van der Waals surface area contributed by atoms with Crippen LogP contribution in [0.1, 0.15) is 54.4 Å². The minimum Gasteiger partial charge on any atom is -0.444 e. The van der Waals surface area contributed by atoms with Gasteiger partial charge in [0.05, 0.1) is 0 Å². The van der Waals surface area contributed by atoms with E-state index in [0.717, 1.165) is 19.4 Å². The lowest BCUT2D eigenvalue weighted by Crippen LogP contribution is -2.54. The molecule has 0 radical (unpaired) electrons. The number of carbonyl (C=O) groups excluding carboxylic acids is 1. The summed E-state index contributed by atoms with van der Waals surface area (Å²) in [5.74, 6) is 0. The van der Waals surface area contributed by atoms with Gasteiger partial charge >= 0.3 is 6.09 Å². The van der Waals surface area contributed by atoms with Gasteiger partial charge in [-0.2, -0.15) is 0 Å². The van der Waals surface area contributed by atoms with Crippen LogP contribution in [0.4, 0.5) is 4.79 Å². The van der Waals surface area contributed by atoms with Crippen LogP contribution in [0.15, 0.2) is 0 Å². The van der Waals surface area contributed by atoms with Crippen LogP contribution in [0.3, 0.4) is 0 Å². The van der Waals surface area contributed by atoms with Gasteiger partial charge in [0.15, 0.2) is 0 Å². The summed E-state index contributed by atoms with van der Waals surface area (Å²) >= 11 is 0. The van der Waals surface area contributed by atoms with Crippen LogP contribution in [0.2, 0.25) is 0 Å². The first-order chi connectivity index (χ1) is 8.02. The van der Waals surface area contributed by atoms with Gasteiger partial charge in [0.2, 0.25) is 0 Å². The summed E-state index contributed by atoms with van der Waals surface area (Å²) in [6, 6.07) is 0. The Balaban J connectivity index is 2.37. The lowest BCUT2D eigenvalue weighted by molar-refractivity contribution is 0.0484. The van der Waals surface area contributed by atoms with Crippen LogP contribution in [0.5, 0.6) is 0 Å². The second kappa shape index (κ2) is 5.08. The van der Waals surface area contributed by atoms with Gasteiger partial charge in [0.25, 0.3) is 0 Å². The Hall–Kier alpha value is -0.770. The number of amides is 1. The molecule has 1 aliphatic rings. The Labute approximate surface area is 111 Å². The maximum atomic E-state index is 11.6. The summed E-state index contributed by atoms with van der Waals surface area (Å²) in [6.45, 7) is 13.8. The van der Waals surface area contributed by atoms with Crippen LogP contribution >= 0.6 is 0 Å². The number of carbonyl (C=O) groups is 1. The van der Waals surface area contributed by atoms with Gasteiger partial charge in [-0.3, -0.25) is 0 Å². The van der Waals surface area contributed by atoms with Gasteiger partial charge < -0.3 is 15.4 Å². The maximum absolute atomic E-state index is 11.6. The standard InChI is InChI=1S/C14H28N2O2/c1-12(2,3)18-11(17)15-9-14(6)8-7-13(4,5)16-10-14/h16H,7-10H2,1-6H3,(H,15,17). The number of alkyl carbamates (subject to hydrolysis) is 1. The molecule has 1 amide bonds. The molecule has 0 aliphatic carbocycles. The quantitative estimate of drug-likeness (QED) is 0.798. The van der Waals surface area contributed by atoms with E-state index in [2.05, 4.69) is 31.4 Å². The van der Waals surface area contributed by atoms with Crippen LogP contribution in [-0.2, 0) is 4.74 Å². The van der Waals surface area contributed by atoms with Crippen molar-refractivity contribution in [3.8, 4) is 0 Å². The molecule has 0 aromatic carbocycles. The Bertz CT molecular complexity index is 295. The minimum absolute atomic E-state index is 0.117. The fourth-order valence-electron chi connectivity index (χ4n) is 1.99. The number of ether oxygens (including phenoxy) is 1. The third kappa shape index (κ3) is 5.25. The average molecular weight is 256 g/mol. The first kappa shape index (κ1) is 15.3. The smallest absolute Gasteiger partial charge is 0.407 e. The molecule has 0 bridgehead atoms. The van der Waals surface area contributed by atoms with Crippen LogP contribution in [-0.4, -0.2) is 30.3 Å². The molecule has 4 heteroatoms. The van der Waals surface area contributed by atoms with Gasteiger partial charge in [-0.1, -0.05) is 6.92 Å². The van der Waals surface area contributed by atoms with Crippen molar-refractivity contribution < 1.29 is 9.53 Å². The van der Waals surface area contributed by atoms with E-state index in [4.69, 9.17) is 4.74 Å². The van der Waals surface area contributed by atoms with E-state index in [1.807, 2.05) is 20.8 Å². The van der Waals surface area contributed by atoms with Crippen molar-refractivity contribution >= 4 is 6.09 Å². The van der Waals surface area contributed by atoms with Crippen molar-refractivity contribution in [3.63, 3.8) is 0 Å². The monoisotopic (exact) mass is 256 g/mol. The third-order valence-corrected chi connectivity index (χ3v) is 3.41.